The molecule has 0 heterocycles. The summed E-state index contributed by atoms with van der Waals surface area (Å²) in [6.07, 6.45) is -0.249. The summed E-state index contributed by atoms with van der Waals surface area (Å²) >= 11 is 0. The second kappa shape index (κ2) is 11.5. The number of aromatic hydroxyl groups is 1. The first-order valence-electron chi connectivity index (χ1n) is 12.1. The summed E-state index contributed by atoms with van der Waals surface area (Å²) in [5.41, 5.74) is -0.128. The molecule has 0 bridgehead atoms. The second-order valence-electron chi connectivity index (χ2n) is 10.1. The minimum Gasteiger partial charge on any atom is -0.508 e. The predicted molar refractivity (Wildman–Crippen MR) is 137 cm³/mol. The topological polar surface area (TPSA) is 137 Å². The normalized spacial score (nSPS) is 18.2. The Morgan fingerprint density at radius 3 is 2.24 bits per heavy atom. The third-order valence-corrected chi connectivity index (χ3v) is 5.97. The van der Waals surface area contributed by atoms with Gasteiger partial charge in [0.2, 0.25) is 5.91 Å². The molecule has 4 unspecified atom stereocenters. The lowest BCUT2D eigenvalue weighted by Gasteiger charge is -2.34. The van der Waals surface area contributed by atoms with Crippen LogP contribution in [0.15, 0.2) is 48.5 Å². The van der Waals surface area contributed by atoms with E-state index in [1.165, 1.54) is 18.1 Å². The molecule has 3 amide bonds. The Labute approximate surface area is 216 Å². The minimum absolute atomic E-state index is 0.0759. The van der Waals surface area contributed by atoms with Gasteiger partial charge in [-0.05, 0) is 63.4 Å². The number of phenols is 1. The number of ether oxygens (including phenoxy) is 2. The van der Waals surface area contributed by atoms with E-state index in [0.717, 1.165) is 0 Å². The monoisotopic (exact) mass is 513 g/mol. The highest BCUT2D eigenvalue weighted by Gasteiger charge is 2.48. The second-order valence-corrected chi connectivity index (χ2v) is 10.1. The molecule has 0 spiro atoms. The Kier molecular flexibility index (Phi) is 8.65. The summed E-state index contributed by atoms with van der Waals surface area (Å²) in [6, 6.07) is 10.0. The Balaban J connectivity index is 1.97. The van der Waals surface area contributed by atoms with Gasteiger partial charge in [0, 0.05) is 17.3 Å². The zero-order chi connectivity index (χ0) is 27.3. The van der Waals surface area contributed by atoms with E-state index in [0.29, 0.717) is 17.9 Å². The van der Waals surface area contributed by atoms with Gasteiger partial charge in [0.25, 0.3) is 5.91 Å². The number of nitrogens with one attached hydrogen (secondary N) is 2. The summed E-state index contributed by atoms with van der Waals surface area (Å²) in [4.78, 5) is 41.2. The summed E-state index contributed by atoms with van der Waals surface area (Å²) < 4.78 is 10.4. The molecule has 10 heteroatoms. The zero-order valence-corrected chi connectivity index (χ0v) is 21.7. The molecule has 4 N–H and O–H groups in total. The maximum Gasteiger partial charge on any atom is 0.408 e. The number of aliphatic hydroxyl groups excluding tert-OH is 1. The fourth-order valence-electron chi connectivity index (χ4n) is 4.01. The number of amides is 3. The average molecular weight is 514 g/mol. The maximum atomic E-state index is 13.8. The van der Waals surface area contributed by atoms with E-state index in [1.54, 1.807) is 63.2 Å². The number of methoxy groups -OCH3 is 1. The van der Waals surface area contributed by atoms with Gasteiger partial charge in [0.05, 0.1) is 13.7 Å². The minimum atomic E-state index is -1.36. The third kappa shape index (κ3) is 7.13. The lowest BCUT2D eigenvalue weighted by molar-refractivity contribution is -0.142. The number of rotatable bonds is 9. The molecule has 2 aromatic carbocycles. The molecular weight excluding hydrogens is 478 g/mol. The van der Waals surface area contributed by atoms with Crippen LogP contribution in [0, 0.1) is 5.92 Å². The van der Waals surface area contributed by atoms with E-state index in [2.05, 4.69) is 10.6 Å². The molecule has 2 aromatic rings. The van der Waals surface area contributed by atoms with Crippen molar-refractivity contribution in [2.24, 2.45) is 5.92 Å². The molecule has 1 aliphatic carbocycles. The third-order valence-electron chi connectivity index (χ3n) is 5.97. The van der Waals surface area contributed by atoms with Gasteiger partial charge in [0.1, 0.15) is 29.2 Å². The average Bonchev–Trinajstić information content (AvgIpc) is 3.56. The van der Waals surface area contributed by atoms with E-state index in [1.807, 2.05) is 6.92 Å². The van der Waals surface area contributed by atoms with E-state index < -0.39 is 42.2 Å². The van der Waals surface area contributed by atoms with Gasteiger partial charge in [0.15, 0.2) is 0 Å². The van der Waals surface area contributed by atoms with Crippen LogP contribution in [0.25, 0.3) is 0 Å². The number of alkyl carbamates (subject to hydrolysis) is 1. The van der Waals surface area contributed by atoms with E-state index in [4.69, 9.17) is 9.47 Å². The summed E-state index contributed by atoms with van der Waals surface area (Å²) in [5.74, 6) is -0.706. The van der Waals surface area contributed by atoms with Crippen molar-refractivity contribution < 1.29 is 34.1 Å². The Hall–Kier alpha value is -3.79. The fourth-order valence-corrected chi connectivity index (χ4v) is 4.01. The van der Waals surface area contributed by atoms with Gasteiger partial charge in [-0.15, -0.1) is 0 Å². The van der Waals surface area contributed by atoms with E-state index in [-0.39, 0.29) is 23.3 Å². The molecule has 3 rings (SSSR count). The van der Waals surface area contributed by atoms with E-state index >= 15 is 0 Å². The number of hydrogen-bond donors (Lipinski definition) is 4. The first-order valence-corrected chi connectivity index (χ1v) is 12.1. The number of carbonyl (C=O) groups excluding carboxylic acids is 3. The maximum absolute atomic E-state index is 13.8. The molecule has 1 fully saturated rings. The van der Waals surface area contributed by atoms with Crippen LogP contribution in [0.5, 0.6) is 11.5 Å². The fraction of sp³-hybridized carbons (Fsp3) is 0.444. The van der Waals surface area contributed by atoms with Crippen molar-refractivity contribution in [1.82, 2.24) is 10.2 Å². The van der Waals surface area contributed by atoms with Crippen molar-refractivity contribution in [1.29, 1.82) is 0 Å². The van der Waals surface area contributed by atoms with Gasteiger partial charge < -0.3 is 35.2 Å². The summed E-state index contributed by atoms with van der Waals surface area (Å²) in [5, 5.41) is 25.9. The first kappa shape index (κ1) is 27.8. The lowest BCUT2D eigenvalue weighted by Crippen LogP contribution is -2.54. The molecule has 1 aliphatic rings. The first-order chi connectivity index (χ1) is 17.4. The van der Waals surface area contributed by atoms with Gasteiger partial charge in [-0.1, -0.05) is 25.1 Å². The van der Waals surface area contributed by atoms with Crippen LogP contribution < -0.4 is 15.4 Å². The zero-order valence-electron chi connectivity index (χ0n) is 21.7. The molecule has 4 atom stereocenters. The largest absolute Gasteiger partial charge is 0.508 e. The van der Waals surface area contributed by atoms with Crippen molar-refractivity contribution >= 4 is 23.6 Å². The van der Waals surface area contributed by atoms with Crippen LogP contribution in [0.1, 0.15) is 45.7 Å². The molecule has 1 saturated carbocycles. The van der Waals surface area contributed by atoms with Crippen LogP contribution in [0.3, 0.4) is 0 Å². The number of hydrogen-bond acceptors (Lipinski definition) is 7. The number of phenolic OH excluding ortho intramolecular Hbond substituents is 1. The molecular formula is C27H35N3O7. The molecule has 0 aliphatic heterocycles. The smallest absolute Gasteiger partial charge is 0.408 e. The number of nitrogens with zero attached hydrogens (tertiary/aromatic N) is 1. The highest BCUT2D eigenvalue weighted by Crippen LogP contribution is 2.42. The van der Waals surface area contributed by atoms with Gasteiger partial charge >= 0.3 is 6.09 Å². The highest BCUT2D eigenvalue weighted by molar-refractivity contribution is 5.99. The molecule has 0 radical (unpaired) electrons. The predicted octanol–water partition coefficient (Wildman–Crippen LogP) is 3.20. The standard InChI is InChI=1S/C27H35N3O7/c1-16-14-21(16)30(25(34)20(15-31)29-26(35)37-27(2,3)4)23(19-8-6-7-9-22(19)32)24(33)28-17-10-12-18(36-5)13-11-17/h6-13,16,20-21,23,31-32H,14-15H2,1-5H3,(H,28,33)(H,29,35). The van der Waals surface area contributed by atoms with Crippen LogP contribution in [-0.2, 0) is 14.3 Å². The Bertz CT molecular complexity index is 1110. The van der Waals surface area contributed by atoms with Crippen molar-refractivity contribution in [2.45, 2.75) is 57.8 Å². The van der Waals surface area contributed by atoms with E-state index in [9.17, 15) is 24.6 Å². The molecule has 10 nitrogen and oxygen atoms in total. The van der Waals surface area contributed by atoms with Gasteiger partial charge in [-0.25, -0.2) is 4.79 Å². The summed E-state index contributed by atoms with van der Waals surface area (Å²) in [6.45, 7) is 6.27. The molecule has 200 valence electrons. The van der Waals surface area contributed by atoms with Crippen molar-refractivity contribution in [3.8, 4) is 11.5 Å². The molecule has 0 aromatic heterocycles. The SMILES string of the molecule is COc1ccc(NC(=O)C(c2ccccc2O)N(C(=O)C(CO)NC(=O)OC(C)(C)C)C2CC2C)cc1. The highest BCUT2D eigenvalue weighted by atomic mass is 16.6. The molecule has 37 heavy (non-hydrogen) atoms. The van der Waals surface area contributed by atoms with Crippen LogP contribution >= 0.6 is 0 Å². The van der Waals surface area contributed by atoms with Crippen molar-refractivity contribution in [2.75, 3.05) is 19.0 Å². The van der Waals surface area contributed by atoms with Crippen LogP contribution in [0.4, 0.5) is 10.5 Å². The Morgan fingerprint density at radius 2 is 1.73 bits per heavy atom. The van der Waals surface area contributed by atoms with Gasteiger partial charge in [-0.2, -0.15) is 0 Å². The van der Waals surface area contributed by atoms with Gasteiger partial charge in [-0.3, -0.25) is 9.59 Å². The quantitative estimate of drug-likeness (QED) is 0.404. The number of para-hydroxylation sites is 1. The lowest BCUT2D eigenvalue weighted by atomic mass is 10.0. The number of anilines is 1. The molecule has 0 saturated heterocycles. The number of aliphatic hydroxyl groups is 1. The van der Waals surface area contributed by atoms with Crippen molar-refractivity contribution in [3.05, 3.63) is 54.1 Å². The summed E-state index contributed by atoms with van der Waals surface area (Å²) in [7, 11) is 1.53. The van der Waals surface area contributed by atoms with Crippen molar-refractivity contribution in [3.63, 3.8) is 0 Å². The number of benzene rings is 2. The van der Waals surface area contributed by atoms with Crippen LogP contribution in [-0.4, -0.2) is 64.4 Å². The Morgan fingerprint density at radius 1 is 1.11 bits per heavy atom. The number of carbonyl (C=O) groups is 3. The van der Waals surface area contributed by atoms with Crippen LogP contribution in [0.2, 0.25) is 0 Å².